The Bertz CT molecular complexity index is 391. The molecule has 1 unspecified atom stereocenters. The van der Waals surface area contributed by atoms with E-state index >= 15 is 0 Å². The van der Waals surface area contributed by atoms with Crippen molar-refractivity contribution in [2.75, 3.05) is 32.8 Å². The van der Waals surface area contributed by atoms with Gasteiger partial charge in [0.1, 0.15) is 5.01 Å². The van der Waals surface area contributed by atoms with Gasteiger partial charge in [-0.05, 0) is 19.4 Å². The minimum absolute atomic E-state index is 0.0610. The van der Waals surface area contributed by atoms with Gasteiger partial charge < -0.3 is 10.1 Å². The predicted molar refractivity (Wildman–Crippen MR) is 79.8 cm³/mol. The average molecular weight is 297 g/mol. The molecule has 0 bridgehead atoms. The molecule has 2 rings (SSSR count). The zero-order valence-corrected chi connectivity index (χ0v) is 12.8. The lowest BCUT2D eigenvalue weighted by atomic mass is 10.2. The Morgan fingerprint density at radius 3 is 3.00 bits per heavy atom. The van der Waals surface area contributed by atoms with Crippen LogP contribution < -0.4 is 5.32 Å². The van der Waals surface area contributed by atoms with E-state index in [9.17, 15) is 4.79 Å². The highest BCUT2D eigenvalue weighted by atomic mass is 32.1. The number of ether oxygens (including phenoxy) is 1. The molecule has 1 aliphatic rings. The zero-order chi connectivity index (χ0) is 14.2. The lowest BCUT2D eigenvalue weighted by Gasteiger charge is -2.26. The number of carbonyl (C=O) groups excluding carboxylic acids is 1. The number of thiazole rings is 1. The van der Waals surface area contributed by atoms with E-state index in [1.807, 2.05) is 5.38 Å². The van der Waals surface area contributed by atoms with Crippen LogP contribution in [0.4, 0.5) is 0 Å². The summed E-state index contributed by atoms with van der Waals surface area (Å²) >= 11 is 1.60. The summed E-state index contributed by atoms with van der Waals surface area (Å²) in [5.74, 6) is 0.125. The number of nitrogens with one attached hydrogen (secondary N) is 1. The van der Waals surface area contributed by atoms with Crippen LogP contribution >= 0.6 is 11.3 Å². The van der Waals surface area contributed by atoms with Crippen LogP contribution in [0.25, 0.3) is 0 Å². The normalized spacial score (nSPS) is 17.9. The molecule has 5 nitrogen and oxygen atoms in total. The summed E-state index contributed by atoms with van der Waals surface area (Å²) in [4.78, 5) is 18.6. The minimum Gasteiger partial charge on any atom is -0.379 e. The van der Waals surface area contributed by atoms with Gasteiger partial charge in [-0.3, -0.25) is 9.69 Å². The van der Waals surface area contributed by atoms with E-state index in [1.165, 1.54) is 0 Å². The molecule has 0 saturated carbocycles. The average Bonchev–Trinajstić information content (AvgIpc) is 3.00. The van der Waals surface area contributed by atoms with Gasteiger partial charge in [-0.1, -0.05) is 6.92 Å². The summed E-state index contributed by atoms with van der Waals surface area (Å²) < 4.78 is 5.31. The lowest BCUT2D eigenvalue weighted by molar-refractivity contribution is -0.122. The summed E-state index contributed by atoms with van der Waals surface area (Å²) in [5, 5.41) is 6.01. The first-order valence-electron chi connectivity index (χ1n) is 7.28. The van der Waals surface area contributed by atoms with E-state index in [0.717, 1.165) is 50.7 Å². The number of hydrogen-bond acceptors (Lipinski definition) is 5. The van der Waals surface area contributed by atoms with Crippen molar-refractivity contribution < 1.29 is 9.53 Å². The number of aromatic nitrogens is 1. The molecule has 1 fully saturated rings. The van der Waals surface area contributed by atoms with E-state index in [0.29, 0.717) is 6.42 Å². The van der Waals surface area contributed by atoms with E-state index in [1.54, 1.807) is 17.5 Å². The quantitative estimate of drug-likeness (QED) is 0.834. The second-order valence-electron chi connectivity index (χ2n) is 4.96. The van der Waals surface area contributed by atoms with E-state index in [2.05, 4.69) is 22.1 Å². The van der Waals surface area contributed by atoms with Crippen LogP contribution in [-0.2, 0) is 9.53 Å². The second kappa shape index (κ2) is 8.34. The van der Waals surface area contributed by atoms with E-state index in [-0.39, 0.29) is 11.9 Å². The summed E-state index contributed by atoms with van der Waals surface area (Å²) in [7, 11) is 0. The summed E-state index contributed by atoms with van der Waals surface area (Å²) in [5.41, 5.74) is 0. The molecular weight excluding hydrogens is 274 g/mol. The maximum Gasteiger partial charge on any atom is 0.220 e. The van der Waals surface area contributed by atoms with Crippen LogP contribution in [0.5, 0.6) is 0 Å². The van der Waals surface area contributed by atoms with Gasteiger partial charge in [0.25, 0.3) is 0 Å². The first kappa shape index (κ1) is 15.4. The van der Waals surface area contributed by atoms with Crippen LogP contribution in [0.2, 0.25) is 0 Å². The molecule has 1 aromatic heterocycles. The molecule has 0 aliphatic carbocycles. The molecule has 1 amide bonds. The molecule has 112 valence electrons. The van der Waals surface area contributed by atoms with Gasteiger partial charge in [0.15, 0.2) is 0 Å². The number of morpholine rings is 1. The van der Waals surface area contributed by atoms with Crippen LogP contribution in [0.3, 0.4) is 0 Å². The lowest BCUT2D eigenvalue weighted by Crippen LogP contribution is -2.37. The molecule has 1 aliphatic heterocycles. The third-order valence-corrected chi connectivity index (χ3v) is 4.36. The summed E-state index contributed by atoms with van der Waals surface area (Å²) in [6.45, 7) is 6.64. The Morgan fingerprint density at radius 2 is 2.35 bits per heavy atom. The summed E-state index contributed by atoms with van der Waals surface area (Å²) in [6, 6.07) is 0.0610. The van der Waals surface area contributed by atoms with Gasteiger partial charge >= 0.3 is 0 Å². The van der Waals surface area contributed by atoms with Crippen molar-refractivity contribution >= 4 is 17.2 Å². The Hall–Kier alpha value is -0.980. The van der Waals surface area contributed by atoms with Crippen molar-refractivity contribution in [2.24, 2.45) is 0 Å². The largest absolute Gasteiger partial charge is 0.379 e. The van der Waals surface area contributed by atoms with Crippen LogP contribution in [-0.4, -0.2) is 48.6 Å². The fourth-order valence-corrected chi connectivity index (χ4v) is 3.07. The third-order valence-electron chi connectivity index (χ3n) is 3.47. The van der Waals surface area contributed by atoms with Gasteiger partial charge in [-0.2, -0.15) is 0 Å². The predicted octanol–water partition coefficient (Wildman–Crippen LogP) is 1.82. The smallest absolute Gasteiger partial charge is 0.220 e. The number of amides is 1. The molecule has 1 atom stereocenters. The first-order chi connectivity index (χ1) is 9.79. The topological polar surface area (TPSA) is 54.5 Å². The van der Waals surface area contributed by atoms with E-state index in [4.69, 9.17) is 4.74 Å². The minimum atomic E-state index is 0.0610. The molecule has 0 spiro atoms. The van der Waals surface area contributed by atoms with Crippen LogP contribution in [0, 0.1) is 0 Å². The maximum absolute atomic E-state index is 12.0. The highest BCUT2D eigenvalue weighted by Crippen LogP contribution is 2.18. The molecule has 1 N–H and O–H groups in total. The van der Waals surface area contributed by atoms with E-state index < -0.39 is 0 Å². The number of carbonyl (C=O) groups is 1. The van der Waals surface area contributed by atoms with Gasteiger partial charge in [-0.15, -0.1) is 11.3 Å². The molecule has 0 aromatic carbocycles. The number of nitrogens with zero attached hydrogens (tertiary/aromatic N) is 2. The standard InChI is InChI=1S/C14H23N3O2S/c1-2-12(14-15-5-11-20-14)16-13(18)4-3-6-17-7-9-19-10-8-17/h5,11-12H,2-4,6-10H2,1H3,(H,16,18). The highest BCUT2D eigenvalue weighted by molar-refractivity contribution is 7.09. The molecule has 20 heavy (non-hydrogen) atoms. The van der Waals surface area contributed by atoms with Crippen molar-refractivity contribution in [3.8, 4) is 0 Å². The second-order valence-corrected chi connectivity index (χ2v) is 5.88. The SMILES string of the molecule is CCC(NC(=O)CCCN1CCOCC1)c1nccs1. The Morgan fingerprint density at radius 1 is 1.55 bits per heavy atom. The zero-order valence-electron chi connectivity index (χ0n) is 12.0. The fraction of sp³-hybridized carbons (Fsp3) is 0.714. The Balaban J connectivity index is 1.66. The maximum atomic E-state index is 12.0. The monoisotopic (exact) mass is 297 g/mol. The van der Waals surface area contributed by atoms with Crippen molar-refractivity contribution in [1.29, 1.82) is 0 Å². The van der Waals surface area contributed by atoms with Crippen molar-refractivity contribution in [2.45, 2.75) is 32.2 Å². The van der Waals surface area contributed by atoms with Crippen molar-refractivity contribution in [3.05, 3.63) is 16.6 Å². The molecule has 1 aromatic rings. The highest BCUT2D eigenvalue weighted by Gasteiger charge is 2.15. The number of hydrogen-bond donors (Lipinski definition) is 1. The molecule has 2 heterocycles. The van der Waals surface area contributed by atoms with Crippen molar-refractivity contribution in [1.82, 2.24) is 15.2 Å². The van der Waals surface area contributed by atoms with Gasteiger partial charge in [0.05, 0.1) is 19.3 Å². The Labute approximate surface area is 124 Å². The van der Waals surface area contributed by atoms with Gasteiger partial charge in [0, 0.05) is 31.1 Å². The van der Waals surface area contributed by atoms with Gasteiger partial charge in [-0.25, -0.2) is 4.98 Å². The third kappa shape index (κ3) is 4.85. The Kier molecular flexibility index (Phi) is 6.42. The summed E-state index contributed by atoms with van der Waals surface area (Å²) in [6.07, 6.45) is 4.15. The first-order valence-corrected chi connectivity index (χ1v) is 8.16. The fourth-order valence-electron chi connectivity index (χ4n) is 2.30. The van der Waals surface area contributed by atoms with Crippen LogP contribution in [0.15, 0.2) is 11.6 Å². The molecule has 0 radical (unpaired) electrons. The molecule has 1 saturated heterocycles. The van der Waals surface area contributed by atoms with Crippen molar-refractivity contribution in [3.63, 3.8) is 0 Å². The molecular formula is C14H23N3O2S. The van der Waals surface area contributed by atoms with Gasteiger partial charge in [0.2, 0.25) is 5.91 Å². The van der Waals surface area contributed by atoms with Crippen LogP contribution in [0.1, 0.15) is 37.2 Å². The number of rotatable bonds is 7. The molecule has 6 heteroatoms.